The van der Waals surface area contributed by atoms with Crippen LogP contribution in [0.4, 0.5) is 11.8 Å². The first-order chi connectivity index (χ1) is 18.1. The summed E-state index contributed by atoms with van der Waals surface area (Å²) in [7, 11) is 5.53. The second kappa shape index (κ2) is 10.8. The molecule has 37 heavy (non-hydrogen) atoms. The summed E-state index contributed by atoms with van der Waals surface area (Å²) in [4.78, 5) is 13.8. The van der Waals surface area contributed by atoms with Crippen molar-refractivity contribution in [3.05, 3.63) is 70.8 Å². The lowest BCUT2D eigenvalue weighted by molar-refractivity contribution is 0.208. The highest BCUT2D eigenvalue weighted by atomic mass is 16.5. The van der Waals surface area contributed by atoms with Crippen molar-refractivity contribution in [1.29, 1.82) is 5.41 Å². The maximum Gasteiger partial charge on any atom is 0.228 e. The van der Waals surface area contributed by atoms with Gasteiger partial charge in [0, 0.05) is 64.1 Å². The number of ether oxygens (including phenoxy) is 1. The van der Waals surface area contributed by atoms with E-state index < -0.39 is 0 Å². The third-order valence-electron chi connectivity index (χ3n) is 6.50. The van der Waals surface area contributed by atoms with Crippen LogP contribution in [0.1, 0.15) is 34.0 Å². The smallest absolute Gasteiger partial charge is 0.228 e. The number of nitrogens with one attached hydrogen (secondary N) is 2. The fourth-order valence-corrected chi connectivity index (χ4v) is 4.65. The molecular formula is C27H31N9O. The predicted octanol–water partition coefficient (Wildman–Crippen LogP) is 3.49. The van der Waals surface area contributed by atoms with Crippen molar-refractivity contribution in [2.24, 2.45) is 19.1 Å². The quantitative estimate of drug-likeness (QED) is 0.256. The van der Waals surface area contributed by atoms with Crippen LogP contribution in [0.5, 0.6) is 0 Å². The molecule has 3 heterocycles. The fourth-order valence-electron chi connectivity index (χ4n) is 4.65. The van der Waals surface area contributed by atoms with Gasteiger partial charge in [0.1, 0.15) is 0 Å². The highest BCUT2D eigenvalue weighted by Crippen LogP contribution is 2.36. The number of fused-ring (bicyclic) bond motifs is 3. The third kappa shape index (κ3) is 5.34. The first-order valence-corrected chi connectivity index (χ1v) is 12.3. The maximum absolute atomic E-state index is 7.90. The number of aliphatic imine (C=N–C) groups is 1. The van der Waals surface area contributed by atoms with E-state index >= 15 is 0 Å². The average Bonchev–Trinajstić information content (AvgIpc) is 3.46. The summed E-state index contributed by atoms with van der Waals surface area (Å²) in [5, 5.41) is 20.3. The Hall–Kier alpha value is -4.18. The van der Waals surface area contributed by atoms with Crippen LogP contribution in [0.15, 0.2) is 47.7 Å². The zero-order valence-electron chi connectivity index (χ0n) is 21.3. The van der Waals surface area contributed by atoms with Crippen LogP contribution in [0.3, 0.4) is 0 Å². The van der Waals surface area contributed by atoms with Crippen molar-refractivity contribution in [2.45, 2.75) is 25.2 Å². The van der Waals surface area contributed by atoms with E-state index in [0.29, 0.717) is 31.3 Å². The van der Waals surface area contributed by atoms with Crippen molar-refractivity contribution in [2.75, 3.05) is 25.6 Å². The van der Waals surface area contributed by atoms with Gasteiger partial charge in [-0.25, -0.2) is 9.97 Å². The molecule has 1 aliphatic rings. The van der Waals surface area contributed by atoms with Crippen LogP contribution >= 0.6 is 0 Å². The van der Waals surface area contributed by atoms with Crippen LogP contribution in [-0.2, 0) is 38.1 Å². The Balaban J connectivity index is 1.44. The summed E-state index contributed by atoms with van der Waals surface area (Å²) in [6.45, 7) is 1.15. The standard InChI is InChI=1S/C27H31N9O/c1-35-11-9-24(34-35)31-27-30-17-20-7-8-22-25(26(20)32-27)23(36(2)33-22)14-18-5-4-6-19(13-18)21(15-28)16-29-10-12-37-3/h4-6,9,11,13,15-17,21,28H,7-8,10,12,14H2,1-3H3,(H,30,31,32,34). The minimum atomic E-state index is -0.175. The van der Waals surface area contributed by atoms with E-state index in [9.17, 15) is 0 Å². The monoisotopic (exact) mass is 497 g/mol. The Morgan fingerprint density at radius 2 is 2.11 bits per heavy atom. The molecule has 0 spiro atoms. The number of hydrogen-bond acceptors (Lipinski definition) is 8. The van der Waals surface area contributed by atoms with Crippen molar-refractivity contribution in [3.8, 4) is 11.3 Å². The van der Waals surface area contributed by atoms with E-state index in [-0.39, 0.29) is 5.92 Å². The molecule has 2 N–H and O–H groups in total. The normalized spacial score (nSPS) is 13.4. The number of hydrogen-bond donors (Lipinski definition) is 2. The number of nitrogens with zero attached hydrogens (tertiary/aromatic N) is 7. The van der Waals surface area contributed by atoms with Crippen molar-refractivity contribution in [1.82, 2.24) is 29.5 Å². The fraction of sp³-hybridized carbons (Fsp3) is 0.333. The number of benzene rings is 1. The van der Waals surface area contributed by atoms with Gasteiger partial charge in [0.2, 0.25) is 5.95 Å². The highest BCUT2D eigenvalue weighted by Gasteiger charge is 2.26. The number of aromatic nitrogens is 6. The van der Waals surface area contributed by atoms with Crippen molar-refractivity contribution in [3.63, 3.8) is 0 Å². The van der Waals surface area contributed by atoms with Gasteiger partial charge in [0.25, 0.3) is 0 Å². The summed E-state index contributed by atoms with van der Waals surface area (Å²) >= 11 is 0. The molecule has 10 heteroatoms. The van der Waals surface area contributed by atoms with Gasteiger partial charge < -0.3 is 15.5 Å². The zero-order valence-corrected chi connectivity index (χ0v) is 21.3. The molecule has 3 aromatic heterocycles. The predicted molar refractivity (Wildman–Crippen MR) is 144 cm³/mol. The molecule has 190 valence electrons. The summed E-state index contributed by atoms with van der Waals surface area (Å²) < 4.78 is 8.77. The average molecular weight is 498 g/mol. The molecule has 0 radical (unpaired) electrons. The van der Waals surface area contributed by atoms with E-state index in [1.807, 2.05) is 55.6 Å². The Morgan fingerprint density at radius 1 is 1.22 bits per heavy atom. The van der Waals surface area contributed by atoms with Crippen molar-refractivity contribution < 1.29 is 4.74 Å². The number of methoxy groups -OCH3 is 1. The van der Waals surface area contributed by atoms with Crippen LogP contribution in [0, 0.1) is 5.41 Å². The third-order valence-corrected chi connectivity index (χ3v) is 6.50. The van der Waals surface area contributed by atoms with Crippen LogP contribution < -0.4 is 5.32 Å². The lowest BCUT2D eigenvalue weighted by Gasteiger charge is -2.17. The van der Waals surface area contributed by atoms with Crippen LogP contribution in [0.25, 0.3) is 11.3 Å². The highest BCUT2D eigenvalue weighted by molar-refractivity contribution is 5.89. The number of anilines is 2. The molecule has 10 nitrogen and oxygen atoms in total. The lowest BCUT2D eigenvalue weighted by Crippen LogP contribution is -2.09. The second-order valence-electron chi connectivity index (χ2n) is 9.12. The molecule has 0 aliphatic heterocycles. The van der Waals surface area contributed by atoms with E-state index in [1.165, 1.54) is 6.21 Å². The van der Waals surface area contributed by atoms with E-state index in [1.54, 1.807) is 11.8 Å². The van der Waals surface area contributed by atoms with Crippen LogP contribution in [-0.4, -0.2) is 62.2 Å². The summed E-state index contributed by atoms with van der Waals surface area (Å²) in [5.41, 5.74) is 7.49. The molecule has 0 fully saturated rings. The molecule has 1 atom stereocenters. The molecule has 1 aliphatic carbocycles. The first kappa shape index (κ1) is 24.5. The topological polar surface area (TPSA) is 119 Å². The molecule has 0 amide bonds. The van der Waals surface area contributed by atoms with E-state index in [0.717, 1.165) is 52.2 Å². The lowest BCUT2D eigenvalue weighted by atomic mass is 9.91. The van der Waals surface area contributed by atoms with Crippen LogP contribution in [0.2, 0.25) is 0 Å². The zero-order chi connectivity index (χ0) is 25.8. The van der Waals surface area contributed by atoms with Gasteiger partial charge in [-0.3, -0.25) is 14.4 Å². The van der Waals surface area contributed by atoms with E-state index in [4.69, 9.17) is 20.2 Å². The van der Waals surface area contributed by atoms with Gasteiger partial charge in [0.15, 0.2) is 5.82 Å². The Kier molecular flexibility index (Phi) is 7.18. The van der Waals surface area contributed by atoms with E-state index in [2.05, 4.69) is 32.5 Å². The van der Waals surface area contributed by atoms with Gasteiger partial charge in [-0.1, -0.05) is 24.3 Å². The summed E-state index contributed by atoms with van der Waals surface area (Å²) in [5.74, 6) is 1.04. The summed E-state index contributed by atoms with van der Waals surface area (Å²) in [6.07, 6.45) is 9.45. The second-order valence-corrected chi connectivity index (χ2v) is 9.12. The number of aryl methyl sites for hydroxylation is 4. The minimum Gasteiger partial charge on any atom is -0.383 e. The van der Waals surface area contributed by atoms with Gasteiger partial charge >= 0.3 is 0 Å². The molecule has 1 unspecified atom stereocenters. The SMILES string of the molecule is COCCN=CC(C=N)c1cccc(Cc2c3c(nn2C)CCc2cnc(Nc4ccn(C)n4)nc2-3)c1. The molecule has 0 saturated heterocycles. The van der Waals surface area contributed by atoms with Gasteiger partial charge in [-0.15, -0.1) is 0 Å². The molecule has 1 aromatic carbocycles. The largest absolute Gasteiger partial charge is 0.383 e. The van der Waals surface area contributed by atoms with Gasteiger partial charge in [0.05, 0.1) is 36.2 Å². The molecule has 0 saturated carbocycles. The Bertz CT molecular complexity index is 1440. The Labute approximate surface area is 216 Å². The maximum atomic E-state index is 7.90. The van der Waals surface area contributed by atoms with Gasteiger partial charge in [-0.2, -0.15) is 10.2 Å². The Morgan fingerprint density at radius 3 is 2.89 bits per heavy atom. The van der Waals surface area contributed by atoms with Crippen molar-refractivity contribution >= 4 is 24.2 Å². The van der Waals surface area contributed by atoms with Gasteiger partial charge in [-0.05, 0) is 29.5 Å². The molecular weight excluding hydrogens is 466 g/mol. The molecule has 5 rings (SSSR count). The summed E-state index contributed by atoms with van der Waals surface area (Å²) in [6, 6.07) is 10.2. The molecule has 0 bridgehead atoms. The molecule has 4 aromatic rings. The first-order valence-electron chi connectivity index (χ1n) is 12.3. The minimum absolute atomic E-state index is 0.175. The number of rotatable bonds is 10.